The number of rotatable bonds is 8. The molecule has 2 N–H and O–H groups in total. The Morgan fingerprint density at radius 1 is 0.912 bits per heavy atom. The van der Waals surface area contributed by atoms with Gasteiger partial charge in [0.25, 0.3) is 0 Å². The molecule has 0 saturated carbocycles. The summed E-state index contributed by atoms with van der Waals surface area (Å²) in [5.74, 6) is 0. The highest BCUT2D eigenvalue weighted by atomic mass is 32.2. The molecule has 0 aliphatic rings. The first kappa shape index (κ1) is 27.6. The highest BCUT2D eigenvalue weighted by Crippen LogP contribution is 2.36. The molecule has 0 atom stereocenters. The third-order valence-corrected chi connectivity index (χ3v) is 7.49. The number of sulfone groups is 1. The van der Waals surface area contributed by atoms with Crippen molar-refractivity contribution in [2.24, 2.45) is 0 Å². The second-order valence-corrected chi connectivity index (χ2v) is 11.8. The average molecular weight is 523 g/mol. The van der Waals surface area contributed by atoms with Crippen molar-refractivity contribution in [3.63, 3.8) is 0 Å². The Bertz CT molecular complexity index is 1220. The number of nitrogens with one attached hydrogen (secondary N) is 2. The van der Waals surface area contributed by atoms with Crippen LogP contribution in [0.2, 0.25) is 0 Å². The Hall–Kier alpha value is -2.64. The van der Waals surface area contributed by atoms with Crippen LogP contribution in [0.3, 0.4) is 0 Å². The molecule has 188 valence electrons. The summed E-state index contributed by atoms with van der Waals surface area (Å²) in [5, 5.41) is 2.39. The lowest BCUT2D eigenvalue weighted by molar-refractivity contribution is -0.139. The van der Waals surface area contributed by atoms with Crippen LogP contribution in [0.5, 0.6) is 0 Å². The normalized spacial score (nSPS) is 12.9. The molecule has 0 spiro atoms. The minimum Gasteiger partial charge on any atom is -0.444 e. The number of carbonyl (C=O) groups is 1. The molecule has 13 heteroatoms. The Kier molecular flexibility index (Phi) is 8.38. The Balaban J connectivity index is 2.24. The summed E-state index contributed by atoms with van der Waals surface area (Å²) in [7, 11) is -9.01. The van der Waals surface area contributed by atoms with E-state index < -0.39 is 53.1 Å². The molecule has 0 heterocycles. The van der Waals surface area contributed by atoms with E-state index in [9.17, 15) is 34.8 Å². The van der Waals surface area contributed by atoms with Gasteiger partial charge in [0.15, 0.2) is 0 Å². The molecule has 1 amide bonds. The lowest BCUT2D eigenvalue weighted by Crippen LogP contribution is -2.34. The minimum absolute atomic E-state index is 0.00795. The number of hydrogen-bond donors (Lipinski definition) is 2. The SMILES string of the molecule is CC(C)(C)OC(=O)NCCCNS(=O)(=O)c1cc(S(=O)(=O)c2ccccc2)ccc1C(F)(F)F. The van der Waals surface area contributed by atoms with E-state index in [1.165, 1.54) is 24.3 Å². The van der Waals surface area contributed by atoms with Crippen molar-refractivity contribution in [2.45, 2.75) is 53.7 Å². The van der Waals surface area contributed by atoms with E-state index in [1.807, 2.05) is 4.72 Å². The van der Waals surface area contributed by atoms with Crippen LogP contribution in [0, 0.1) is 0 Å². The molecule has 2 aromatic carbocycles. The topological polar surface area (TPSA) is 119 Å². The van der Waals surface area contributed by atoms with Crippen molar-refractivity contribution in [3.05, 3.63) is 54.1 Å². The first-order valence-corrected chi connectivity index (χ1v) is 13.0. The molecule has 0 aromatic heterocycles. The van der Waals surface area contributed by atoms with Crippen molar-refractivity contribution < 1.29 is 39.5 Å². The molecule has 2 rings (SSSR count). The predicted octanol–water partition coefficient (Wildman–Crippen LogP) is 3.73. The number of amides is 1. The summed E-state index contributed by atoms with van der Waals surface area (Å²) in [5.41, 5.74) is -2.23. The fourth-order valence-electron chi connectivity index (χ4n) is 2.74. The van der Waals surface area contributed by atoms with Crippen LogP contribution in [0.25, 0.3) is 0 Å². The molecular formula is C21H25F3N2O6S2. The van der Waals surface area contributed by atoms with Crippen molar-refractivity contribution >= 4 is 26.0 Å². The van der Waals surface area contributed by atoms with Gasteiger partial charge in [-0.25, -0.2) is 26.4 Å². The molecule has 8 nitrogen and oxygen atoms in total. The molecular weight excluding hydrogens is 497 g/mol. The summed E-state index contributed by atoms with van der Waals surface area (Å²) >= 11 is 0. The first-order valence-electron chi connectivity index (χ1n) is 10.0. The van der Waals surface area contributed by atoms with Crippen LogP contribution >= 0.6 is 0 Å². The number of carbonyl (C=O) groups excluding carboxylic acids is 1. The molecule has 0 radical (unpaired) electrons. The van der Waals surface area contributed by atoms with Gasteiger partial charge in [0.2, 0.25) is 19.9 Å². The zero-order valence-electron chi connectivity index (χ0n) is 18.6. The van der Waals surface area contributed by atoms with Crippen LogP contribution in [0.1, 0.15) is 32.8 Å². The third kappa shape index (κ3) is 7.43. The summed E-state index contributed by atoms with van der Waals surface area (Å²) in [6.45, 7) is 4.65. The van der Waals surface area contributed by atoms with Gasteiger partial charge < -0.3 is 10.1 Å². The lowest BCUT2D eigenvalue weighted by atomic mass is 10.2. The van der Waals surface area contributed by atoms with Gasteiger partial charge in [-0.15, -0.1) is 0 Å². The number of ether oxygens (including phenoxy) is 1. The van der Waals surface area contributed by atoms with E-state index in [4.69, 9.17) is 4.74 Å². The standard InChI is InChI=1S/C21H25F3N2O6S2/c1-20(2,3)32-19(27)25-12-7-13-26-34(30,31)18-14-16(10-11-17(18)21(22,23)24)33(28,29)15-8-5-4-6-9-15/h4-6,8-11,14,26H,7,12-13H2,1-3H3,(H,25,27). The number of sulfonamides is 1. The van der Waals surface area contributed by atoms with Gasteiger partial charge in [-0.3, -0.25) is 0 Å². The van der Waals surface area contributed by atoms with Gasteiger partial charge in [-0.1, -0.05) is 18.2 Å². The van der Waals surface area contributed by atoms with E-state index in [-0.39, 0.29) is 24.4 Å². The maximum atomic E-state index is 13.5. The highest BCUT2D eigenvalue weighted by molar-refractivity contribution is 7.91. The van der Waals surface area contributed by atoms with Crippen molar-refractivity contribution in [1.82, 2.24) is 10.0 Å². The maximum absolute atomic E-state index is 13.5. The monoisotopic (exact) mass is 522 g/mol. The number of alkyl carbamates (subject to hydrolysis) is 1. The summed E-state index contributed by atoms with van der Waals surface area (Å²) in [6, 6.07) is 8.55. The molecule has 0 saturated heterocycles. The third-order valence-electron chi connectivity index (χ3n) is 4.23. The summed E-state index contributed by atoms with van der Waals surface area (Å²) < 4.78 is 98.5. The first-order chi connectivity index (χ1) is 15.5. The Morgan fingerprint density at radius 2 is 1.53 bits per heavy atom. The van der Waals surface area contributed by atoms with E-state index >= 15 is 0 Å². The average Bonchev–Trinajstić information content (AvgIpc) is 2.71. The van der Waals surface area contributed by atoms with E-state index in [2.05, 4.69) is 5.32 Å². The van der Waals surface area contributed by atoms with E-state index in [0.717, 1.165) is 6.07 Å². The molecule has 0 aliphatic heterocycles. The zero-order chi connectivity index (χ0) is 25.8. The van der Waals surface area contributed by atoms with Gasteiger partial charge >= 0.3 is 12.3 Å². The van der Waals surface area contributed by atoms with Gasteiger partial charge in [-0.2, -0.15) is 13.2 Å². The van der Waals surface area contributed by atoms with Gasteiger partial charge in [0, 0.05) is 13.1 Å². The zero-order valence-corrected chi connectivity index (χ0v) is 20.3. The molecule has 2 aromatic rings. The molecule has 34 heavy (non-hydrogen) atoms. The van der Waals surface area contributed by atoms with E-state index in [1.54, 1.807) is 26.8 Å². The Morgan fingerprint density at radius 3 is 2.09 bits per heavy atom. The van der Waals surface area contributed by atoms with Gasteiger partial charge in [-0.05, 0) is 57.5 Å². The second kappa shape index (κ2) is 10.3. The van der Waals surface area contributed by atoms with Crippen molar-refractivity contribution in [2.75, 3.05) is 13.1 Å². The summed E-state index contributed by atoms with van der Waals surface area (Å²) in [4.78, 5) is 9.59. The summed E-state index contributed by atoms with van der Waals surface area (Å²) in [6.07, 6.45) is -5.73. The smallest absolute Gasteiger partial charge is 0.417 e. The quantitative estimate of drug-likeness (QED) is 0.510. The maximum Gasteiger partial charge on any atom is 0.417 e. The molecule has 0 fully saturated rings. The lowest BCUT2D eigenvalue weighted by Gasteiger charge is -2.19. The van der Waals surface area contributed by atoms with Crippen LogP contribution in [-0.4, -0.2) is 41.6 Å². The molecule has 0 bridgehead atoms. The number of hydrogen-bond acceptors (Lipinski definition) is 6. The highest BCUT2D eigenvalue weighted by Gasteiger charge is 2.38. The van der Waals surface area contributed by atoms with Crippen LogP contribution in [0.15, 0.2) is 63.2 Å². The van der Waals surface area contributed by atoms with Crippen LogP contribution in [-0.2, 0) is 30.8 Å². The molecule has 0 unspecified atom stereocenters. The van der Waals surface area contributed by atoms with Crippen molar-refractivity contribution in [3.8, 4) is 0 Å². The van der Waals surface area contributed by atoms with E-state index in [0.29, 0.717) is 12.1 Å². The van der Waals surface area contributed by atoms with Gasteiger partial charge in [0.1, 0.15) is 5.60 Å². The number of alkyl halides is 3. The fraction of sp³-hybridized carbons (Fsp3) is 0.381. The predicted molar refractivity (Wildman–Crippen MR) is 117 cm³/mol. The second-order valence-electron chi connectivity index (χ2n) is 8.15. The van der Waals surface area contributed by atoms with Crippen LogP contribution in [0.4, 0.5) is 18.0 Å². The minimum atomic E-state index is -5.04. The van der Waals surface area contributed by atoms with Crippen LogP contribution < -0.4 is 10.0 Å². The molecule has 0 aliphatic carbocycles. The largest absolute Gasteiger partial charge is 0.444 e. The van der Waals surface area contributed by atoms with Crippen molar-refractivity contribution in [1.29, 1.82) is 0 Å². The number of halogens is 3. The Labute approximate surface area is 196 Å². The fourth-order valence-corrected chi connectivity index (χ4v) is 5.45. The number of benzene rings is 2. The van der Waals surface area contributed by atoms with Gasteiger partial charge in [0.05, 0.1) is 20.2 Å².